The predicted molar refractivity (Wildman–Crippen MR) is 77.7 cm³/mol. The van der Waals surface area contributed by atoms with Crippen LogP contribution in [0.25, 0.3) is 0 Å². The molecule has 0 amide bonds. The zero-order chi connectivity index (χ0) is 14.6. The topological polar surface area (TPSA) is 47.3 Å². The maximum Gasteiger partial charge on any atom is 0.143 e. The van der Waals surface area contributed by atoms with Gasteiger partial charge in [-0.3, -0.25) is 9.59 Å². The van der Waals surface area contributed by atoms with Gasteiger partial charge in [0, 0.05) is 24.8 Å². The average molecular weight is 274 g/mol. The van der Waals surface area contributed by atoms with Gasteiger partial charge in [-0.05, 0) is 38.2 Å². The van der Waals surface area contributed by atoms with Crippen LogP contribution in [0.5, 0.6) is 0 Å². The second-order valence-corrected chi connectivity index (χ2v) is 5.79. The molecule has 1 aromatic heterocycles. The highest BCUT2D eigenvalue weighted by Crippen LogP contribution is 2.38. The summed E-state index contributed by atoms with van der Waals surface area (Å²) in [5.41, 5.74) is 1.55. The molecule has 1 unspecified atom stereocenters. The van der Waals surface area contributed by atoms with Crippen molar-refractivity contribution in [2.24, 2.45) is 0 Å². The highest BCUT2D eigenvalue weighted by molar-refractivity contribution is 5.92. The zero-order valence-electron chi connectivity index (χ0n) is 12.1. The van der Waals surface area contributed by atoms with Gasteiger partial charge in [-0.1, -0.05) is 6.08 Å². The summed E-state index contributed by atoms with van der Waals surface area (Å²) < 4.78 is 5.25. The first-order valence-corrected chi connectivity index (χ1v) is 7.29. The lowest BCUT2D eigenvalue weighted by Gasteiger charge is -2.31. The number of hydrogen-bond donors (Lipinski definition) is 0. The number of allylic oxidation sites excluding steroid dienone is 1. The van der Waals surface area contributed by atoms with Gasteiger partial charge >= 0.3 is 0 Å². The van der Waals surface area contributed by atoms with Crippen LogP contribution in [0.15, 0.2) is 29.6 Å². The van der Waals surface area contributed by atoms with Crippen LogP contribution in [0.4, 0.5) is 0 Å². The van der Waals surface area contributed by atoms with Gasteiger partial charge in [-0.2, -0.15) is 0 Å². The molecule has 1 aromatic rings. The second-order valence-electron chi connectivity index (χ2n) is 5.79. The average Bonchev–Trinajstić information content (AvgIpc) is 2.91. The molecule has 0 aromatic carbocycles. The Morgan fingerprint density at radius 2 is 2.20 bits per heavy atom. The number of fused-ring (bicyclic) bond motifs is 1. The van der Waals surface area contributed by atoms with E-state index in [1.807, 2.05) is 13.0 Å². The van der Waals surface area contributed by atoms with Crippen molar-refractivity contribution in [2.75, 3.05) is 0 Å². The molecular formula is C17H22O3. The largest absolute Gasteiger partial charge is 0.472 e. The van der Waals surface area contributed by atoms with Crippen LogP contribution in [0.2, 0.25) is 0 Å². The predicted octanol–water partition coefficient (Wildman–Crippen LogP) is 3.76. The summed E-state index contributed by atoms with van der Waals surface area (Å²) in [5.74, 6) is 0.460. The van der Waals surface area contributed by atoms with Crippen molar-refractivity contribution in [3.63, 3.8) is 0 Å². The van der Waals surface area contributed by atoms with Crippen molar-refractivity contribution in [1.82, 2.24) is 0 Å². The first-order chi connectivity index (χ1) is 9.58. The summed E-state index contributed by atoms with van der Waals surface area (Å²) in [7, 11) is 0. The molecule has 3 nitrogen and oxygen atoms in total. The van der Waals surface area contributed by atoms with Crippen molar-refractivity contribution >= 4 is 11.6 Å². The second kappa shape index (κ2) is 6.21. The van der Waals surface area contributed by atoms with Crippen LogP contribution >= 0.6 is 0 Å². The van der Waals surface area contributed by atoms with Crippen LogP contribution in [-0.2, 0) is 21.4 Å². The van der Waals surface area contributed by atoms with Gasteiger partial charge in [-0.15, -0.1) is 6.58 Å². The number of aryl methyl sites for hydroxylation is 1. The van der Waals surface area contributed by atoms with E-state index in [1.54, 1.807) is 12.5 Å². The summed E-state index contributed by atoms with van der Waals surface area (Å²) in [6, 6.07) is 0. The number of hydrogen-bond acceptors (Lipinski definition) is 3. The maximum atomic E-state index is 12.3. The molecule has 1 aliphatic rings. The smallest absolute Gasteiger partial charge is 0.143 e. The fourth-order valence-corrected chi connectivity index (χ4v) is 2.91. The van der Waals surface area contributed by atoms with Crippen molar-refractivity contribution in [1.29, 1.82) is 0 Å². The molecule has 1 heterocycles. The summed E-state index contributed by atoms with van der Waals surface area (Å²) >= 11 is 0. The zero-order valence-corrected chi connectivity index (χ0v) is 12.1. The number of carbonyl (C=O) groups excluding carboxylic acids is 2. The monoisotopic (exact) mass is 274 g/mol. The molecular weight excluding hydrogens is 252 g/mol. The lowest BCUT2D eigenvalue weighted by molar-refractivity contribution is -0.125. The third-order valence-corrected chi connectivity index (χ3v) is 4.34. The minimum absolute atomic E-state index is 0.227. The van der Waals surface area contributed by atoms with Gasteiger partial charge in [0.15, 0.2) is 0 Å². The molecule has 0 bridgehead atoms. The third kappa shape index (κ3) is 2.92. The number of ketones is 2. The number of rotatable bonds is 7. The Labute approximate surface area is 120 Å². The Hall–Kier alpha value is -1.64. The van der Waals surface area contributed by atoms with E-state index in [2.05, 4.69) is 6.58 Å². The molecule has 108 valence electrons. The molecule has 2 rings (SSSR count). The van der Waals surface area contributed by atoms with Gasteiger partial charge in [0.2, 0.25) is 0 Å². The van der Waals surface area contributed by atoms with E-state index in [4.69, 9.17) is 4.42 Å². The van der Waals surface area contributed by atoms with E-state index in [1.165, 1.54) is 0 Å². The van der Waals surface area contributed by atoms with E-state index in [0.717, 1.165) is 30.4 Å². The van der Waals surface area contributed by atoms with E-state index in [0.29, 0.717) is 25.7 Å². The SMILES string of the molecule is C=CCCCC(=O)CCC1(C)C(=O)CCc2cocc21. The molecule has 3 heteroatoms. The van der Waals surface area contributed by atoms with Crippen molar-refractivity contribution < 1.29 is 14.0 Å². The first-order valence-electron chi connectivity index (χ1n) is 7.29. The molecule has 0 radical (unpaired) electrons. The lowest BCUT2D eigenvalue weighted by Crippen LogP contribution is -2.37. The van der Waals surface area contributed by atoms with Crippen LogP contribution in [0.1, 0.15) is 56.6 Å². The van der Waals surface area contributed by atoms with Crippen LogP contribution < -0.4 is 0 Å². The Morgan fingerprint density at radius 3 is 2.95 bits per heavy atom. The summed E-state index contributed by atoms with van der Waals surface area (Å²) in [4.78, 5) is 24.2. The van der Waals surface area contributed by atoms with Crippen molar-refractivity contribution in [2.45, 2.75) is 57.3 Å². The highest BCUT2D eigenvalue weighted by Gasteiger charge is 2.40. The molecule has 20 heavy (non-hydrogen) atoms. The Morgan fingerprint density at radius 1 is 1.40 bits per heavy atom. The molecule has 0 fully saturated rings. The Kier molecular flexibility index (Phi) is 4.58. The van der Waals surface area contributed by atoms with Gasteiger partial charge < -0.3 is 4.42 Å². The molecule has 0 saturated heterocycles. The highest BCUT2D eigenvalue weighted by atomic mass is 16.3. The molecule has 0 saturated carbocycles. The fraction of sp³-hybridized carbons (Fsp3) is 0.529. The maximum absolute atomic E-state index is 12.3. The quantitative estimate of drug-likeness (QED) is 0.562. The van der Waals surface area contributed by atoms with Crippen LogP contribution in [-0.4, -0.2) is 11.6 Å². The van der Waals surface area contributed by atoms with Crippen molar-refractivity contribution in [3.05, 3.63) is 36.3 Å². The lowest BCUT2D eigenvalue weighted by atomic mass is 9.69. The van der Waals surface area contributed by atoms with Crippen molar-refractivity contribution in [3.8, 4) is 0 Å². The van der Waals surface area contributed by atoms with Gasteiger partial charge in [0.25, 0.3) is 0 Å². The summed E-state index contributed by atoms with van der Waals surface area (Å²) in [6.07, 6.45) is 9.89. The van der Waals surface area contributed by atoms with Gasteiger partial charge in [-0.25, -0.2) is 0 Å². The minimum Gasteiger partial charge on any atom is -0.472 e. The van der Waals surface area contributed by atoms with E-state index in [9.17, 15) is 9.59 Å². The standard InChI is InChI=1S/C17H22O3/c1-3-4-5-6-14(18)9-10-17(2)15-12-20-11-13(15)7-8-16(17)19/h3,11-12H,1,4-10H2,2H3. The fourth-order valence-electron chi connectivity index (χ4n) is 2.91. The molecule has 0 N–H and O–H groups in total. The molecule has 1 atom stereocenters. The number of Topliss-reactive ketones (excluding diaryl/α,β-unsaturated/α-hetero) is 2. The van der Waals surface area contributed by atoms with Crippen LogP contribution in [0, 0.1) is 0 Å². The van der Waals surface area contributed by atoms with E-state index >= 15 is 0 Å². The van der Waals surface area contributed by atoms with Gasteiger partial charge in [0.1, 0.15) is 11.6 Å². The molecule has 0 spiro atoms. The number of unbranched alkanes of at least 4 members (excludes halogenated alkanes) is 1. The molecule has 0 aliphatic heterocycles. The first kappa shape index (κ1) is 14.8. The van der Waals surface area contributed by atoms with Gasteiger partial charge in [0.05, 0.1) is 17.9 Å². The Bertz CT molecular complexity index is 512. The number of carbonyl (C=O) groups is 2. The minimum atomic E-state index is -0.547. The molecule has 1 aliphatic carbocycles. The normalized spacial score (nSPS) is 21.6. The summed E-state index contributed by atoms with van der Waals surface area (Å²) in [6.45, 7) is 5.59. The Balaban J connectivity index is 1.99. The van der Waals surface area contributed by atoms with E-state index < -0.39 is 5.41 Å². The van der Waals surface area contributed by atoms with E-state index in [-0.39, 0.29) is 11.6 Å². The third-order valence-electron chi connectivity index (χ3n) is 4.34. The number of furan rings is 1. The summed E-state index contributed by atoms with van der Waals surface area (Å²) in [5, 5.41) is 0. The van der Waals surface area contributed by atoms with Crippen LogP contribution in [0.3, 0.4) is 0 Å².